The molecule has 0 aromatic rings. The molecule has 0 rings (SSSR count). The van der Waals surface area contributed by atoms with Crippen LogP contribution in [0.15, 0.2) is 0 Å². The van der Waals surface area contributed by atoms with Crippen LogP contribution in [0.25, 0.3) is 0 Å². The van der Waals surface area contributed by atoms with Crippen LogP contribution in [0.1, 0.15) is 34.1 Å². The van der Waals surface area contributed by atoms with E-state index >= 15 is 0 Å². The molecule has 0 bridgehead atoms. The molecule has 0 spiro atoms. The molecule has 0 heterocycles. The van der Waals surface area contributed by atoms with Gasteiger partial charge in [-0.2, -0.15) is 0 Å². The molecule has 0 amide bonds. The van der Waals surface area contributed by atoms with Crippen molar-refractivity contribution in [3.8, 4) is 0 Å². The summed E-state index contributed by atoms with van der Waals surface area (Å²) in [7, 11) is 0. The summed E-state index contributed by atoms with van der Waals surface area (Å²) in [6.45, 7) is 13.8. The first-order valence-corrected chi connectivity index (χ1v) is 6.49. The molecule has 0 fully saturated rings. The van der Waals surface area contributed by atoms with Gasteiger partial charge in [-0.05, 0) is 24.8 Å². The summed E-state index contributed by atoms with van der Waals surface area (Å²) >= 11 is 0. The van der Waals surface area contributed by atoms with Gasteiger partial charge in [0.1, 0.15) is 0 Å². The van der Waals surface area contributed by atoms with Gasteiger partial charge in [-0.1, -0.05) is 27.7 Å². The van der Waals surface area contributed by atoms with Crippen molar-refractivity contribution in [1.29, 1.82) is 0 Å². The molecule has 0 aromatic heterocycles. The van der Waals surface area contributed by atoms with Gasteiger partial charge in [-0.3, -0.25) is 0 Å². The summed E-state index contributed by atoms with van der Waals surface area (Å²) < 4.78 is 10.8. The minimum atomic E-state index is 0.609. The zero-order valence-corrected chi connectivity index (χ0v) is 11.4. The molecule has 3 nitrogen and oxygen atoms in total. The van der Waals surface area contributed by atoms with Crippen molar-refractivity contribution in [1.82, 2.24) is 5.32 Å². The van der Waals surface area contributed by atoms with E-state index in [9.17, 15) is 0 Å². The van der Waals surface area contributed by atoms with Crippen molar-refractivity contribution in [3.63, 3.8) is 0 Å². The van der Waals surface area contributed by atoms with Gasteiger partial charge in [0.05, 0.1) is 19.8 Å². The summed E-state index contributed by atoms with van der Waals surface area (Å²) in [5.74, 6) is 1.38. The van der Waals surface area contributed by atoms with E-state index in [4.69, 9.17) is 9.47 Å². The maximum absolute atomic E-state index is 5.44. The third-order valence-electron chi connectivity index (χ3n) is 2.14. The van der Waals surface area contributed by atoms with Crippen LogP contribution in [-0.2, 0) is 9.47 Å². The number of hydrogen-bond acceptors (Lipinski definition) is 3. The number of hydrogen-bond donors (Lipinski definition) is 1. The summed E-state index contributed by atoms with van der Waals surface area (Å²) in [6.07, 6.45) is 1.23. The number of ether oxygens (including phenoxy) is 2. The molecule has 0 aliphatic carbocycles. The maximum atomic E-state index is 5.44. The molecule has 0 saturated carbocycles. The molecule has 0 saturated heterocycles. The Labute approximate surface area is 101 Å². The highest BCUT2D eigenvalue weighted by atomic mass is 16.5. The van der Waals surface area contributed by atoms with Crippen LogP contribution in [0.5, 0.6) is 0 Å². The van der Waals surface area contributed by atoms with E-state index in [1.807, 2.05) is 0 Å². The molecular formula is C13H29NO2. The highest BCUT2D eigenvalue weighted by Gasteiger charge is 1.95. The molecule has 0 radical (unpaired) electrons. The van der Waals surface area contributed by atoms with Crippen LogP contribution in [0.2, 0.25) is 0 Å². The molecule has 0 unspecified atom stereocenters. The largest absolute Gasteiger partial charge is 0.379 e. The van der Waals surface area contributed by atoms with Gasteiger partial charge in [0.2, 0.25) is 0 Å². The molecule has 0 aromatic carbocycles. The Bertz CT molecular complexity index is 122. The van der Waals surface area contributed by atoms with Crippen molar-refractivity contribution in [2.24, 2.45) is 11.8 Å². The third-order valence-corrected chi connectivity index (χ3v) is 2.14. The average molecular weight is 231 g/mol. The lowest BCUT2D eigenvalue weighted by Gasteiger charge is -2.09. The van der Waals surface area contributed by atoms with Gasteiger partial charge in [0.15, 0.2) is 0 Å². The quantitative estimate of drug-likeness (QED) is 0.554. The summed E-state index contributed by atoms with van der Waals surface area (Å²) in [5.41, 5.74) is 0. The van der Waals surface area contributed by atoms with E-state index < -0.39 is 0 Å². The molecule has 3 heteroatoms. The predicted octanol–water partition coefficient (Wildman–Crippen LogP) is 2.31. The molecule has 0 atom stereocenters. The van der Waals surface area contributed by atoms with Gasteiger partial charge in [-0.25, -0.2) is 0 Å². The maximum Gasteiger partial charge on any atom is 0.0701 e. The molecule has 98 valence electrons. The molecule has 1 N–H and O–H groups in total. The fourth-order valence-corrected chi connectivity index (χ4v) is 1.20. The first kappa shape index (κ1) is 15.9. The Morgan fingerprint density at radius 1 is 0.812 bits per heavy atom. The first-order valence-electron chi connectivity index (χ1n) is 6.49. The van der Waals surface area contributed by atoms with E-state index in [0.29, 0.717) is 19.1 Å². The smallest absolute Gasteiger partial charge is 0.0701 e. The minimum absolute atomic E-state index is 0.609. The second kappa shape index (κ2) is 11.4. The van der Waals surface area contributed by atoms with Crippen LogP contribution in [-0.4, -0.2) is 39.5 Å². The molecule has 16 heavy (non-hydrogen) atoms. The Hall–Kier alpha value is -0.120. The van der Waals surface area contributed by atoms with E-state index in [2.05, 4.69) is 33.0 Å². The van der Waals surface area contributed by atoms with Gasteiger partial charge in [0, 0.05) is 13.2 Å². The Morgan fingerprint density at radius 3 is 2.12 bits per heavy atom. The normalized spacial score (nSPS) is 11.6. The highest BCUT2D eigenvalue weighted by molar-refractivity contribution is 4.50. The van der Waals surface area contributed by atoms with Crippen molar-refractivity contribution in [3.05, 3.63) is 0 Å². The fourth-order valence-electron chi connectivity index (χ4n) is 1.20. The SMILES string of the molecule is CC(C)CCNCCOCCOCC(C)C. The van der Waals surface area contributed by atoms with Crippen LogP contribution in [0, 0.1) is 11.8 Å². The van der Waals surface area contributed by atoms with Crippen LogP contribution in [0.3, 0.4) is 0 Å². The van der Waals surface area contributed by atoms with Crippen molar-refractivity contribution in [2.45, 2.75) is 34.1 Å². The first-order chi connectivity index (χ1) is 7.63. The predicted molar refractivity (Wildman–Crippen MR) is 68.8 cm³/mol. The van der Waals surface area contributed by atoms with Crippen molar-refractivity contribution >= 4 is 0 Å². The van der Waals surface area contributed by atoms with Gasteiger partial charge >= 0.3 is 0 Å². The fraction of sp³-hybridized carbons (Fsp3) is 1.00. The Balaban J connectivity index is 2.93. The van der Waals surface area contributed by atoms with Crippen molar-refractivity contribution in [2.75, 3.05) is 39.5 Å². The van der Waals surface area contributed by atoms with Crippen LogP contribution in [0.4, 0.5) is 0 Å². The lowest BCUT2D eigenvalue weighted by molar-refractivity contribution is 0.0387. The van der Waals surface area contributed by atoms with Gasteiger partial charge < -0.3 is 14.8 Å². The second-order valence-electron chi connectivity index (χ2n) is 5.01. The Morgan fingerprint density at radius 2 is 1.50 bits per heavy atom. The minimum Gasteiger partial charge on any atom is -0.379 e. The standard InChI is InChI=1S/C13H29NO2/c1-12(2)5-6-14-7-8-15-9-10-16-11-13(3)4/h12-14H,5-11H2,1-4H3. The average Bonchev–Trinajstić information content (AvgIpc) is 2.20. The molecule has 0 aliphatic rings. The number of nitrogens with one attached hydrogen (secondary N) is 1. The second-order valence-corrected chi connectivity index (χ2v) is 5.01. The monoisotopic (exact) mass is 231 g/mol. The zero-order valence-electron chi connectivity index (χ0n) is 11.4. The number of rotatable bonds is 11. The van der Waals surface area contributed by atoms with Crippen LogP contribution < -0.4 is 5.32 Å². The van der Waals surface area contributed by atoms with E-state index in [0.717, 1.165) is 32.2 Å². The van der Waals surface area contributed by atoms with E-state index in [-0.39, 0.29) is 0 Å². The van der Waals surface area contributed by atoms with Gasteiger partial charge in [-0.15, -0.1) is 0 Å². The zero-order chi connectivity index (χ0) is 12.2. The lowest BCUT2D eigenvalue weighted by Crippen LogP contribution is -2.22. The van der Waals surface area contributed by atoms with Crippen molar-refractivity contribution < 1.29 is 9.47 Å². The highest BCUT2D eigenvalue weighted by Crippen LogP contribution is 1.95. The summed E-state index contributed by atoms with van der Waals surface area (Å²) in [5, 5.41) is 3.36. The third kappa shape index (κ3) is 13.9. The topological polar surface area (TPSA) is 30.5 Å². The molecular weight excluding hydrogens is 202 g/mol. The van der Waals surface area contributed by atoms with Gasteiger partial charge in [0.25, 0.3) is 0 Å². The molecule has 0 aliphatic heterocycles. The van der Waals surface area contributed by atoms with E-state index in [1.54, 1.807) is 0 Å². The Kier molecular flexibility index (Phi) is 11.3. The van der Waals surface area contributed by atoms with Crippen LogP contribution >= 0.6 is 0 Å². The lowest BCUT2D eigenvalue weighted by atomic mass is 10.1. The summed E-state index contributed by atoms with van der Waals surface area (Å²) in [6, 6.07) is 0. The summed E-state index contributed by atoms with van der Waals surface area (Å²) in [4.78, 5) is 0. The van der Waals surface area contributed by atoms with E-state index in [1.165, 1.54) is 6.42 Å².